The molecule has 8 heteroatoms. The number of halogens is 1. The van der Waals surface area contributed by atoms with Gasteiger partial charge in [0.25, 0.3) is 0 Å². The Labute approximate surface area is 200 Å². The van der Waals surface area contributed by atoms with Crippen LogP contribution < -0.4 is 10.6 Å². The number of hydrogen-bond donors (Lipinski definition) is 2. The van der Waals surface area contributed by atoms with Crippen LogP contribution in [0.4, 0.5) is 9.18 Å². The molecule has 0 saturated heterocycles. The Kier molecular flexibility index (Phi) is 8.79. The van der Waals surface area contributed by atoms with Crippen molar-refractivity contribution in [1.29, 1.82) is 0 Å². The van der Waals surface area contributed by atoms with Crippen LogP contribution in [0.5, 0.6) is 0 Å². The van der Waals surface area contributed by atoms with Gasteiger partial charge in [-0.05, 0) is 53.2 Å². The Morgan fingerprint density at radius 1 is 0.941 bits per heavy atom. The van der Waals surface area contributed by atoms with Crippen molar-refractivity contribution < 1.29 is 23.5 Å². The van der Waals surface area contributed by atoms with Gasteiger partial charge < -0.3 is 20.3 Å². The molecule has 0 aromatic heterocycles. The van der Waals surface area contributed by atoms with Crippen molar-refractivity contribution in [2.45, 2.75) is 65.3 Å². The van der Waals surface area contributed by atoms with Gasteiger partial charge in [-0.3, -0.25) is 9.59 Å². The molecule has 0 fully saturated rings. The lowest BCUT2D eigenvalue weighted by Crippen LogP contribution is -2.51. The second-order valence-electron chi connectivity index (χ2n) is 10.0. The summed E-state index contributed by atoms with van der Waals surface area (Å²) in [4.78, 5) is 40.1. The fourth-order valence-electron chi connectivity index (χ4n) is 3.25. The molecular weight excluding hydrogens is 437 g/mol. The smallest absolute Gasteiger partial charge is 0.408 e. The minimum atomic E-state index is -1.26. The second-order valence-corrected chi connectivity index (χ2v) is 10.0. The molecule has 2 aromatic rings. The highest BCUT2D eigenvalue weighted by Gasteiger charge is 2.35. The fourth-order valence-corrected chi connectivity index (χ4v) is 3.25. The van der Waals surface area contributed by atoms with Crippen LogP contribution in [-0.4, -0.2) is 40.5 Å². The van der Waals surface area contributed by atoms with Gasteiger partial charge in [0.1, 0.15) is 24.0 Å². The first-order valence-electron chi connectivity index (χ1n) is 11.1. The third-order valence-corrected chi connectivity index (χ3v) is 4.56. The Hall–Kier alpha value is -3.42. The van der Waals surface area contributed by atoms with Crippen molar-refractivity contribution >= 4 is 17.9 Å². The van der Waals surface area contributed by atoms with E-state index in [1.807, 2.05) is 30.3 Å². The third kappa shape index (κ3) is 8.50. The fraction of sp³-hybridized carbons (Fsp3) is 0.423. The highest BCUT2D eigenvalue weighted by molar-refractivity contribution is 5.90. The standard InChI is InChI=1S/C26H34FN3O4/c1-25(2,3)29-23(32)22(19-14-10-11-15-20(19)27)30(17-18-12-8-7-9-13-18)21(31)16-28-24(33)34-26(4,5)6/h7-15,22H,16-17H2,1-6H3,(H,28,33)(H,29,32). The summed E-state index contributed by atoms with van der Waals surface area (Å²) in [6, 6.07) is 13.7. The molecule has 2 aromatic carbocycles. The minimum Gasteiger partial charge on any atom is -0.444 e. The van der Waals surface area contributed by atoms with E-state index in [0.29, 0.717) is 0 Å². The number of carbonyl (C=O) groups is 3. The molecule has 0 aliphatic heterocycles. The first-order chi connectivity index (χ1) is 15.8. The van der Waals surface area contributed by atoms with Crippen LogP contribution in [0, 0.1) is 5.82 Å². The molecule has 1 atom stereocenters. The molecule has 0 saturated carbocycles. The second kappa shape index (κ2) is 11.1. The van der Waals surface area contributed by atoms with Crippen molar-refractivity contribution in [2.75, 3.05) is 6.54 Å². The minimum absolute atomic E-state index is 0.0340. The van der Waals surface area contributed by atoms with Crippen LogP contribution in [0.25, 0.3) is 0 Å². The van der Waals surface area contributed by atoms with Gasteiger partial charge in [0.15, 0.2) is 0 Å². The van der Waals surface area contributed by atoms with Crippen molar-refractivity contribution in [3.05, 3.63) is 71.5 Å². The molecule has 184 valence electrons. The monoisotopic (exact) mass is 471 g/mol. The number of hydrogen-bond acceptors (Lipinski definition) is 4. The van der Waals surface area contributed by atoms with Crippen molar-refractivity contribution in [2.24, 2.45) is 0 Å². The number of nitrogens with zero attached hydrogens (tertiary/aromatic N) is 1. The van der Waals surface area contributed by atoms with E-state index in [1.165, 1.54) is 23.1 Å². The number of rotatable bonds is 7. The maximum atomic E-state index is 14.9. The molecule has 0 bridgehead atoms. The highest BCUT2D eigenvalue weighted by Crippen LogP contribution is 2.27. The molecule has 2 N–H and O–H groups in total. The van der Waals surface area contributed by atoms with Gasteiger partial charge in [-0.15, -0.1) is 0 Å². The Morgan fingerprint density at radius 2 is 1.53 bits per heavy atom. The number of amides is 3. The van der Waals surface area contributed by atoms with Gasteiger partial charge in [0, 0.05) is 17.6 Å². The van der Waals surface area contributed by atoms with Gasteiger partial charge in [-0.2, -0.15) is 0 Å². The predicted octanol–water partition coefficient (Wildman–Crippen LogP) is 4.34. The van der Waals surface area contributed by atoms with Crippen LogP contribution >= 0.6 is 0 Å². The van der Waals surface area contributed by atoms with E-state index >= 15 is 0 Å². The Balaban J connectivity index is 2.44. The number of nitrogens with one attached hydrogen (secondary N) is 2. The van der Waals surface area contributed by atoms with E-state index in [2.05, 4.69) is 10.6 Å². The molecule has 3 amide bonds. The summed E-state index contributed by atoms with van der Waals surface area (Å²) in [7, 11) is 0. The number of alkyl carbamates (subject to hydrolysis) is 1. The number of benzene rings is 2. The third-order valence-electron chi connectivity index (χ3n) is 4.56. The predicted molar refractivity (Wildman–Crippen MR) is 128 cm³/mol. The van der Waals surface area contributed by atoms with E-state index in [1.54, 1.807) is 47.6 Å². The lowest BCUT2D eigenvalue weighted by atomic mass is 10.00. The van der Waals surface area contributed by atoms with Crippen LogP contribution in [0.2, 0.25) is 0 Å². The molecule has 34 heavy (non-hydrogen) atoms. The number of carbonyl (C=O) groups excluding carboxylic acids is 3. The average Bonchev–Trinajstić information content (AvgIpc) is 2.71. The van der Waals surface area contributed by atoms with E-state index in [0.717, 1.165) is 5.56 Å². The summed E-state index contributed by atoms with van der Waals surface area (Å²) in [5, 5.41) is 5.29. The molecule has 0 spiro atoms. The van der Waals surface area contributed by atoms with Crippen molar-refractivity contribution in [3.63, 3.8) is 0 Å². The van der Waals surface area contributed by atoms with Gasteiger partial charge in [0.05, 0.1) is 0 Å². The first kappa shape index (κ1) is 26.8. The summed E-state index contributed by atoms with van der Waals surface area (Å²) >= 11 is 0. The zero-order chi connectivity index (χ0) is 25.5. The quantitative estimate of drug-likeness (QED) is 0.629. The van der Waals surface area contributed by atoms with Crippen molar-refractivity contribution in [3.8, 4) is 0 Å². The summed E-state index contributed by atoms with van der Waals surface area (Å²) in [6.07, 6.45) is -0.762. The zero-order valence-electron chi connectivity index (χ0n) is 20.6. The van der Waals surface area contributed by atoms with Crippen LogP contribution in [0.15, 0.2) is 54.6 Å². The van der Waals surface area contributed by atoms with Crippen LogP contribution in [-0.2, 0) is 20.9 Å². The normalized spacial score (nSPS) is 12.4. The Morgan fingerprint density at radius 3 is 2.09 bits per heavy atom. The number of ether oxygens (including phenoxy) is 1. The van der Waals surface area contributed by atoms with Gasteiger partial charge in [0.2, 0.25) is 11.8 Å². The van der Waals surface area contributed by atoms with Crippen LogP contribution in [0.1, 0.15) is 58.7 Å². The topological polar surface area (TPSA) is 87.7 Å². The van der Waals surface area contributed by atoms with Gasteiger partial charge in [-0.25, -0.2) is 9.18 Å². The lowest BCUT2D eigenvalue weighted by Gasteiger charge is -2.34. The Bertz CT molecular complexity index is 997. The van der Waals surface area contributed by atoms with E-state index in [-0.39, 0.29) is 12.1 Å². The average molecular weight is 472 g/mol. The maximum absolute atomic E-state index is 14.9. The molecule has 0 aliphatic rings. The van der Waals surface area contributed by atoms with Gasteiger partial charge in [-0.1, -0.05) is 48.5 Å². The molecule has 1 unspecified atom stereocenters. The molecule has 2 rings (SSSR count). The summed E-state index contributed by atoms with van der Waals surface area (Å²) in [5.41, 5.74) is -0.542. The molecular formula is C26H34FN3O4. The lowest BCUT2D eigenvalue weighted by molar-refractivity contribution is -0.141. The summed E-state index contributed by atoms with van der Waals surface area (Å²) < 4.78 is 20.1. The summed E-state index contributed by atoms with van der Waals surface area (Å²) in [6.45, 7) is 10.1. The van der Waals surface area contributed by atoms with E-state index in [4.69, 9.17) is 4.74 Å². The van der Waals surface area contributed by atoms with Gasteiger partial charge >= 0.3 is 6.09 Å². The van der Waals surface area contributed by atoms with Crippen LogP contribution in [0.3, 0.4) is 0 Å². The molecule has 7 nitrogen and oxygen atoms in total. The largest absolute Gasteiger partial charge is 0.444 e. The van der Waals surface area contributed by atoms with E-state index < -0.39 is 47.5 Å². The molecule has 0 aliphatic carbocycles. The van der Waals surface area contributed by atoms with E-state index in [9.17, 15) is 18.8 Å². The summed E-state index contributed by atoms with van der Waals surface area (Å²) in [5.74, 6) is -1.70. The SMILES string of the molecule is CC(C)(C)NC(=O)C(c1ccccc1F)N(Cc1ccccc1)C(=O)CNC(=O)OC(C)(C)C. The highest BCUT2D eigenvalue weighted by atomic mass is 19.1. The maximum Gasteiger partial charge on any atom is 0.408 e. The first-order valence-corrected chi connectivity index (χ1v) is 11.1. The molecule has 0 radical (unpaired) electrons. The molecule has 0 heterocycles. The van der Waals surface area contributed by atoms with Crippen molar-refractivity contribution in [1.82, 2.24) is 15.5 Å². The zero-order valence-corrected chi connectivity index (χ0v) is 20.6.